The van der Waals surface area contributed by atoms with Crippen molar-refractivity contribution in [2.75, 3.05) is 0 Å². The predicted molar refractivity (Wildman–Crippen MR) is 57.3 cm³/mol. The van der Waals surface area contributed by atoms with Crippen LogP contribution in [0.15, 0.2) is 12.5 Å². The zero-order valence-corrected chi connectivity index (χ0v) is 9.17. The minimum absolute atomic E-state index is 0.196. The highest BCUT2D eigenvalue weighted by atomic mass is 15.3. The largest absolute Gasteiger partial charge is 0.322 e. The second-order valence-corrected chi connectivity index (χ2v) is 3.60. The standard InChI is InChI=1S/C9H15N7/c1-2-3-16-9(11-6-13-16)4-7(10)8-5-12-15-14-8/h5-7H,2-4,10H2,1H3,(H,12,14,15). The Morgan fingerprint density at radius 1 is 1.56 bits per heavy atom. The minimum Gasteiger partial charge on any atom is -0.322 e. The molecule has 1 atom stereocenters. The molecule has 0 saturated carbocycles. The zero-order chi connectivity index (χ0) is 11.4. The summed E-state index contributed by atoms with van der Waals surface area (Å²) in [4.78, 5) is 4.20. The molecular formula is C9H15N7. The number of hydrogen-bond donors (Lipinski definition) is 2. The van der Waals surface area contributed by atoms with Gasteiger partial charge in [-0.3, -0.25) is 4.68 Å². The van der Waals surface area contributed by atoms with E-state index in [1.807, 2.05) is 4.68 Å². The first-order valence-corrected chi connectivity index (χ1v) is 5.29. The maximum atomic E-state index is 5.99. The van der Waals surface area contributed by atoms with Crippen LogP contribution in [0.2, 0.25) is 0 Å². The van der Waals surface area contributed by atoms with Gasteiger partial charge >= 0.3 is 0 Å². The highest BCUT2D eigenvalue weighted by molar-refractivity contribution is 5.02. The molecule has 1 unspecified atom stereocenters. The molecule has 2 heterocycles. The van der Waals surface area contributed by atoms with Gasteiger partial charge in [-0.2, -0.15) is 20.5 Å². The third-order valence-electron chi connectivity index (χ3n) is 2.35. The van der Waals surface area contributed by atoms with Gasteiger partial charge in [0, 0.05) is 13.0 Å². The number of nitrogens with zero attached hydrogens (tertiary/aromatic N) is 5. The molecule has 2 aromatic heterocycles. The Balaban J connectivity index is 2.06. The molecule has 2 rings (SSSR count). The number of aromatic amines is 1. The minimum atomic E-state index is -0.196. The third-order valence-corrected chi connectivity index (χ3v) is 2.35. The van der Waals surface area contributed by atoms with Crippen LogP contribution < -0.4 is 5.73 Å². The first kappa shape index (κ1) is 10.7. The van der Waals surface area contributed by atoms with Gasteiger partial charge in [-0.05, 0) is 6.42 Å². The van der Waals surface area contributed by atoms with Crippen LogP contribution in [0.25, 0.3) is 0 Å². The summed E-state index contributed by atoms with van der Waals surface area (Å²) in [5.41, 5.74) is 6.73. The number of nitrogens with two attached hydrogens (primary N) is 1. The normalized spacial score (nSPS) is 12.9. The molecule has 3 N–H and O–H groups in total. The van der Waals surface area contributed by atoms with Crippen LogP contribution in [0.3, 0.4) is 0 Å². The van der Waals surface area contributed by atoms with E-state index in [1.165, 1.54) is 0 Å². The van der Waals surface area contributed by atoms with Gasteiger partial charge in [0.2, 0.25) is 0 Å². The number of aromatic nitrogens is 6. The molecule has 0 bridgehead atoms. The van der Waals surface area contributed by atoms with Crippen molar-refractivity contribution < 1.29 is 0 Å². The van der Waals surface area contributed by atoms with E-state index < -0.39 is 0 Å². The first-order chi connectivity index (χ1) is 7.81. The molecule has 2 aromatic rings. The van der Waals surface area contributed by atoms with Crippen LogP contribution in [0.1, 0.15) is 30.9 Å². The van der Waals surface area contributed by atoms with Gasteiger partial charge in [-0.15, -0.1) is 0 Å². The average Bonchev–Trinajstić information content (AvgIpc) is 2.90. The smallest absolute Gasteiger partial charge is 0.138 e. The molecule has 0 aliphatic rings. The van der Waals surface area contributed by atoms with Crippen LogP contribution in [-0.4, -0.2) is 30.2 Å². The zero-order valence-electron chi connectivity index (χ0n) is 9.17. The first-order valence-electron chi connectivity index (χ1n) is 5.29. The van der Waals surface area contributed by atoms with E-state index in [9.17, 15) is 0 Å². The number of hydrogen-bond acceptors (Lipinski definition) is 5. The second kappa shape index (κ2) is 4.84. The molecule has 0 fully saturated rings. The van der Waals surface area contributed by atoms with Crippen LogP contribution in [0.4, 0.5) is 0 Å². The van der Waals surface area contributed by atoms with E-state index >= 15 is 0 Å². The molecule has 0 aliphatic carbocycles. The van der Waals surface area contributed by atoms with Gasteiger partial charge in [0.15, 0.2) is 0 Å². The van der Waals surface area contributed by atoms with Gasteiger partial charge in [-0.25, -0.2) is 4.98 Å². The highest BCUT2D eigenvalue weighted by Gasteiger charge is 2.13. The van der Waals surface area contributed by atoms with E-state index in [0.29, 0.717) is 6.42 Å². The van der Waals surface area contributed by atoms with E-state index in [2.05, 4.69) is 32.4 Å². The Hall–Kier alpha value is -1.76. The predicted octanol–water partition coefficient (Wildman–Crippen LogP) is 0.0487. The van der Waals surface area contributed by atoms with Crippen molar-refractivity contribution in [1.82, 2.24) is 30.2 Å². The second-order valence-electron chi connectivity index (χ2n) is 3.60. The molecule has 7 heteroatoms. The molecular weight excluding hydrogens is 206 g/mol. The number of H-pyrrole nitrogens is 1. The summed E-state index contributed by atoms with van der Waals surface area (Å²) < 4.78 is 1.87. The van der Waals surface area contributed by atoms with Crippen molar-refractivity contribution in [2.24, 2.45) is 5.73 Å². The Morgan fingerprint density at radius 3 is 3.12 bits per heavy atom. The summed E-state index contributed by atoms with van der Waals surface area (Å²) in [7, 11) is 0. The SMILES string of the molecule is CCCn1ncnc1CC(N)c1cn[nH]n1. The summed E-state index contributed by atoms with van der Waals surface area (Å²) in [6.45, 7) is 2.96. The molecule has 0 spiro atoms. The van der Waals surface area contributed by atoms with Gasteiger partial charge in [0.05, 0.1) is 17.9 Å². The van der Waals surface area contributed by atoms with Crippen LogP contribution in [0.5, 0.6) is 0 Å². The summed E-state index contributed by atoms with van der Waals surface area (Å²) in [5.74, 6) is 0.886. The van der Waals surface area contributed by atoms with Gasteiger partial charge in [-0.1, -0.05) is 6.92 Å². The van der Waals surface area contributed by atoms with Crippen LogP contribution in [0, 0.1) is 0 Å². The van der Waals surface area contributed by atoms with Crippen molar-refractivity contribution in [1.29, 1.82) is 0 Å². The van der Waals surface area contributed by atoms with Crippen molar-refractivity contribution >= 4 is 0 Å². The lowest BCUT2D eigenvalue weighted by atomic mass is 10.1. The van der Waals surface area contributed by atoms with Crippen molar-refractivity contribution in [3.63, 3.8) is 0 Å². The van der Waals surface area contributed by atoms with Crippen LogP contribution >= 0.6 is 0 Å². The van der Waals surface area contributed by atoms with Crippen molar-refractivity contribution in [3.05, 3.63) is 24.0 Å². The van der Waals surface area contributed by atoms with Gasteiger partial charge in [0.1, 0.15) is 12.2 Å². The molecule has 0 aliphatic heterocycles. The molecule has 0 saturated heterocycles. The Morgan fingerprint density at radius 2 is 2.44 bits per heavy atom. The lowest BCUT2D eigenvalue weighted by Gasteiger charge is -2.08. The summed E-state index contributed by atoms with van der Waals surface area (Å²) in [6.07, 6.45) is 4.83. The fourth-order valence-corrected chi connectivity index (χ4v) is 1.54. The fraction of sp³-hybridized carbons (Fsp3) is 0.556. The van der Waals surface area contributed by atoms with Crippen LogP contribution in [-0.2, 0) is 13.0 Å². The van der Waals surface area contributed by atoms with Gasteiger partial charge < -0.3 is 5.73 Å². The molecule has 16 heavy (non-hydrogen) atoms. The third kappa shape index (κ3) is 2.25. The summed E-state index contributed by atoms with van der Waals surface area (Å²) in [6, 6.07) is -0.196. The van der Waals surface area contributed by atoms with E-state index in [1.54, 1.807) is 12.5 Å². The maximum Gasteiger partial charge on any atom is 0.138 e. The molecule has 0 radical (unpaired) electrons. The lowest BCUT2D eigenvalue weighted by Crippen LogP contribution is -2.17. The number of rotatable bonds is 5. The highest BCUT2D eigenvalue weighted by Crippen LogP contribution is 2.10. The fourth-order valence-electron chi connectivity index (χ4n) is 1.54. The molecule has 0 aromatic carbocycles. The van der Waals surface area contributed by atoms with E-state index in [4.69, 9.17) is 5.73 Å². The summed E-state index contributed by atoms with van der Waals surface area (Å²) in [5, 5.41) is 14.4. The monoisotopic (exact) mass is 221 g/mol. The van der Waals surface area contributed by atoms with Gasteiger partial charge in [0.25, 0.3) is 0 Å². The van der Waals surface area contributed by atoms with Crippen molar-refractivity contribution in [3.8, 4) is 0 Å². The number of aryl methyl sites for hydroxylation is 1. The number of nitrogens with one attached hydrogen (secondary N) is 1. The lowest BCUT2D eigenvalue weighted by molar-refractivity contribution is 0.544. The Labute approximate surface area is 93.1 Å². The van der Waals surface area contributed by atoms with Crippen molar-refractivity contribution in [2.45, 2.75) is 32.4 Å². The topological polar surface area (TPSA) is 98.3 Å². The van der Waals surface area contributed by atoms with E-state index in [0.717, 1.165) is 24.5 Å². The summed E-state index contributed by atoms with van der Waals surface area (Å²) >= 11 is 0. The average molecular weight is 221 g/mol. The molecule has 86 valence electrons. The quantitative estimate of drug-likeness (QED) is 0.743. The van der Waals surface area contributed by atoms with E-state index in [-0.39, 0.29) is 6.04 Å². The molecule has 0 amide bonds. The Bertz CT molecular complexity index is 419. The molecule has 7 nitrogen and oxygen atoms in total. The maximum absolute atomic E-state index is 5.99. The Kier molecular flexibility index (Phi) is 3.25.